The first-order valence-corrected chi connectivity index (χ1v) is 9.13. The molecular formula is C20H23FN4O5. The van der Waals surface area contributed by atoms with Crippen molar-refractivity contribution in [3.63, 3.8) is 0 Å². The Morgan fingerprint density at radius 2 is 2.07 bits per heavy atom. The first-order chi connectivity index (χ1) is 14.2. The number of hydrogen-bond acceptors (Lipinski definition) is 7. The van der Waals surface area contributed by atoms with Crippen LogP contribution in [0, 0.1) is 17.1 Å². The van der Waals surface area contributed by atoms with E-state index in [9.17, 15) is 19.1 Å². The molecule has 1 aromatic carbocycles. The average Bonchev–Trinajstić information content (AvgIpc) is 2.71. The summed E-state index contributed by atoms with van der Waals surface area (Å²) < 4.78 is 20.6. The Labute approximate surface area is 172 Å². The van der Waals surface area contributed by atoms with Crippen molar-refractivity contribution in [3.8, 4) is 11.8 Å². The van der Waals surface area contributed by atoms with Crippen LogP contribution < -0.4 is 16.0 Å². The molecule has 0 fully saturated rings. The molecule has 1 unspecified atom stereocenters. The Morgan fingerprint density at radius 3 is 2.67 bits per heavy atom. The Hall–Kier alpha value is -3.45. The van der Waals surface area contributed by atoms with Gasteiger partial charge in [0.2, 0.25) is 0 Å². The molecule has 0 spiro atoms. The zero-order chi connectivity index (χ0) is 22.4. The second kappa shape index (κ2) is 9.84. The first-order valence-electron chi connectivity index (χ1n) is 9.13. The highest BCUT2D eigenvalue weighted by molar-refractivity contribution is 5.97. The molecule has 1 atom stereocenters. The van der Waals surface area contributed by atoms with Crippen LogP contribution in [0.15, 0.2) is 39.1 Å². The van der Waals surface area contributed by atoms with Crippen molar-refractivity contribution in [3.05, 3.63) is 62.2 Å². The van der Waals surface area contributed by atoms with Crippen LogP contribution in [0.4, 0.5) is 4.39 Å². The van der Waals surface area contributed by atoms with E-state index in [-0.39, 0.29) is 35.2 Å². The number of aliphatic hydroxyl groups excluding tert-OH is 1. The number of aliphatic hydroxyl groups is 1. The Bertz CT molecular complexity index is 1100. The summed E-state index contributed by atoms with van der Waals surface area (Å²) in [5, 5.41) is 23.5. The van der Waals surface area contributed by atoms with Crippen molar-refractivity contribution < 1.29 is 19.1 Å². The molecule has 0 amide bonds. The molecule has 9 nitrogen and oxygen atoms in total. The predicted molar refractivity (Wildman–Crippen MR) is 107 cm³/mol. The molecule has 1 aromatic heterocycles. The van der Waals surface area contributed by atoms with Gasteiger partial charge in [-0.05, 0) is 39.0 Å². The molecule has 0 bridgehead atoms. The number of nitriles is 1. The van der Waals surface area contributed by atoms with Gasteiger partial charge < -0.3 is 14.7 Å². The van der Waals surface area contributed by atoms with Gasteiger partial charge in [0.25, 0.3) is 5.56 Å². The fourth-order valence-corrected chi connectivity index (χ4v) is 2.73. The largest absolute Gasteiger partial charge is 0.496 e. The van der Waals surface area contributed by atoms with Gasteiger partial charge in [-0.2, -0.15) is 5.26 Å². The van der Waals surface area contributed by atoms with Crippen LogP contribution in [0.25, 0.3) is 0 Å². The highest BCUT2D eigenvalue weighted by Crippen LogP contribution is 2.26. The number of ether oxygens (including phenoxy) is 1. The lowest BCUT2D eigenvalue weighted by atomic mass is 10.1. The third-order valence-corrected chi connectivity index (χ3v) is 4.18. The summed E-state index contributed by atoms with van der Waals surface area (Å²) in [6, 6.07) is 5.41. The van der Waals surface area contributed by atoms with Gasteiger partial charge in [-0.25, -0.2) is 13.8 Å². The summed E-state index contributed by atoms with van der Waals surface area (Å²) in [6.45, 7) is 4.25. The maximum atomic E-state index is 13.7. The lowest BCUT2D eigenvalue weighted by Crippen LogP contribution is -2.42. The maximum Gasteiger partial charge on any atom is 0.332 e. The highest BCUT2D eigenvalue weighted by atomic mass is 19.1. The zero-order valence-electron chi connectivity index (χ0n) is 17.1. The van der Waals surface area contributed by atoms with Gasteiger partial charge in [0, 0.05) is 11.8 Å². The van der Waals surface area contributed by atoms with Crippen LogP contribution in [-0.4, -0.2) is 33.2 Å². The number of aromatic nitrogens is 2. The summed E-state index contributed by atoms with van der Waals surface area (Å²) in [5.74, 6) is -0.341. The lowest BCUT2D eigenvalue weighted by molar-refractivity contribution is 0.0859. The van der Waals surface area contributed by atoms with Crippen molar-refractivity contribution in [1.29, 1.82) is 5.26 Å². The van der Waals surface area contributed by atoms with Gasteiger partial charge in [-0.15, -0.1) is 0 Å². The molecule has 1 N–H and O–H groups in total. The van der Waals surface area contributed by atoms with Gasteiger partial charge in [0.05, 0.1) is 31.0 Å². The van der Waals surface area contributed by atoms with Crippen molar-refractivity contribution in [1.82, 2.24) is 9.13 Å². The minimum atomic E-state index is -1.32. The van der Waals surface area contributed by atoms with Gasteiger partial charge in [-0.3, -0.25) is 9.36 Å². The molecule has 0 radical (unpaired) electrons. The van der Waals surface area contributed by atoms with Crippen LogP contribution in [0.5, 0.6) is 5.75 Å². The Kier molecular flexibility index (Phi) is 7.49. The summed E-state index contributed by atoms with van der Waals surface area (Å²) in [6.07, 6.45) is -0.316. The smallest absolute Gasteiger partial charge is 0.332 e. The third-order valence-electron chi connectivity index (χ3n) is 4.18. The average molecular weight is 418 g/mol. The van der Waals surface area contributed by atoms with Gasteiger partial charge in [-0.1, -0.05) is 5.16 Å². The summed E-state index contributed by atoms with van der Waals surface area (Å²) in [4.78, 5) is 30.5. The highest BCUT2D eigenvalue weighted by Gasteiger charge is 2.19. The van der Waals surface area contributed by atoms with Crippen LogP contribution in [0.3, 0.4) is 0 Å². The zero-order valence-corrected chi connectivity index (χ0v) is 17.1. The summed E-state index contributed by atoms with van der Waals surface area (Å²) in [5.41, 5.74) is -1.13. The second-order valence-electron chi connectivity index (χ2n) is 6.76. The predicted octanol–water partition coefficient (Wildman–Crippen LogP) is 1.56. The van der Waals surface area contributed by atoms with Crippen molar-refractivity contribution in [2.24, 2.45) is 5.16 Å². The normalized spacial score (nSPS) is 12.5. The minimum Gasteiger partial charge on any atom is -0.496 e. The van der Waals surface area contributed by atoms with Crippen LogP contribution in [-0.2, 0) is 17.9 Å². The molecule has 2 aromatic rings. The minimum absolute atomic E-state index is 0.0314. The van der Waals surface area contributed by atoms with Crippen molar-refractivity contribution in [2.75, 3.05) is 7.11 Å². The monoisotopic (exact) mass is 418 g/mol. The molecule has 30 heavy (non-hydrogen) atoms. The van der Waals surface area contributed by atoms with Crippen LogP contribution in [0.1, 0.15) is 38.0 Å². The molecule has 0 saturated carbocycles. The van der Waals surface area contributed by atoms with Crippen LogP contribution >= 0.6 is 0 Å². The van der Waals surface area contributed by atoms with Crippen molar-refractivity contribution >= 4 is 5.71 Å². The number of nitrogens with zero attached hydrogens (tertiary/aromatic N) is 4. The molecule has 2 rings (SSSR count). The second-order valence-corrected chi connectivity index (χ2v) is 6.76. The summed E-state index contributed by atoms with van der Waals surface area (Å²) in [7, 11) is 1.37. The standard InChI is InChI=1S/C20H23FN4O5/c1-12(2)30-23-13(3)16-10-24(20(28)25(8-7-22)19(16)27)11-17(26)15-9-14(21)5-6-18(15)29-4/h5-6,9-10,12,17,26H,8,11H2,1-4H3/b23-13+. The van der Waals surface area contributed by atoms with Gasteiger partial charge in [0.15, 0.2) is 0 Å². The molecule has 0 aliphatic carbocycles. The van der Waals surface area contributed by atoms with E-state index in [0.29, 0.717) is 0 Å². The molecule has 0 aliphatic heterocycles. The summed E-state index contributed by atoms with van der Waals surface area (Å²) >= 11 is 0. The van der Waals surface area contributed by atoms with Crippen LogP contribution in [0.2, 0.25) is 0 Å². The number of oxime groups is 1. The molecule has 0 saturated heterocycles. The molecular weight excluding hydrogens is 395 g/mol. The number of rotatable bonds is 8. The Morgan fingerprint density at radius 1 is 1.37 bits per heavy atom. The van der Waals surface area contributed by atoms with E-state index in [1.54, 1.807) is 19.9 Å². The Balaban J connectivity index is 2.56. The van der Waals surface area contributed by atoms with E-state index in [1.165, 1.54) is 32.4 Å². The van der Waals surface area contributed by atoms with Crippen molar-refractivity contribution in [2.45, 2.75) is 46.1 Å². The van der Waals surface area contributed by atoms with E-state index in [0.717, 1.165) is 15.2 Å². The lowest BCUT2D eigenvalue weighted by Gasteiger charge is -2.17. The third kappa shape index (κ3) is 5.12. The topological polar surface area (TPSA) is 119 Å². The fraction of sp³-hybridized carbons (Fsp3) is 0.400. The van der Waals surface area contributed by atoms with E-state index >= 15 is 0 Å². The number of halogens is 1. The van der Waals surface area contributed by atoms with E-state index in [1.807, 2.05) is 0 Å². The number of benzene rings is 1. The molecule has 160 valence electrons. The fourth-order valence-electron chi connectivity index (χ4n) is 2.73. The molecule has 0 aliphatic rings. The van der Waals surface area contributed by atoms with E-state index in [2.05, 4.69) is 5.16 Å². The van der Waals surface area contributed by atoms with E-state index in [4.69, 9.17) is 14.8 Å². The maximum absolute atomic E-state index is 13.7. The quantitative estimate of drug-likeness (QED) is 0.513. The molecule has 10 heteroatoms. The molecule has 1 heterocycles. The van der Waals surface area contributed by atoms with Gasteiger partial charge >= 0.3 is 5.69 Å². The number of methoxy groups -OCH3 is 1. The number of hydrogen-bond donors (Lipinski definition) is 1. The SMILES string of the molecule is COc1ccc(F)cc1C(O)Cn1cc(/C(C)=N/OC(C)C)c(=O)n(CC#N)c1=O. The van der Waals surface area contributed by atoms with Gasteiger partial charge in [0.1, 0.15) is 30.3 Å². The first kappa shape index (κ1) is 22.8. The van der Waals surface area contributed by atoms with E-state index < -0.39 is 29.7 Å².